The molecule has 1 fully saturated rings. The fourth-order valence-electron chi connectivity index (χ4n) is 4.53. The van der Waals surface area contributed by atoms with Crippen LogP contribution in [-0.4, -0.2) is 49.0 Å². The summed E-state index contributed by atoms with van der Waals surface area (Å²) in [5.41, 5.74) is 3.33. The minimum absolute atomic E-state index is 0.194. The number of rotatable bonds is 5. The number of likely N-dealkylation sites (tertiary alicyclic amines) is 1. The van der Waals surface area contributed by atoms with Crippen molar-refractivity contribution in [1.82, 2.24) is 24.6 Å². The average molecular weight is 446 g/mol. The molecule has 9 heteroatoms. The lowest BCUT2D eigenvalue weighted by molar-refractivity contribution is -0.114. The number of aromatic amines is 1. The molecule has 4 aromatic rings. The number of H-pyrrole nitrogens is 1. The van der Waals surface area contributed by atoms with E-state index in [1.54, 1.807) is 36.1 Å². The molecule has 3 aromatic heterocycles. The zero-order chi connectivity index (χ0) is 23.1. The van der Waals surface area contributed by atoms with Crippen LogP contribution in [0.1, 0.15) is 42.7 Å². The predicted octanol–water partition coefficient (Wildman–Crippen LogP) is 3.64. The first-order valence-corrected chi connectivity index (χ1v) is 11.1. The molecule has 3 N–H and O–H groups in total. The second-order valence-electron chi connectivity index (χ2n) is 8.75. The van der Waals surface area contributed by atoms with Gasteiger partial charge in [-0.05, 0) is 50.6 Å². The lowest BCUT2D eigenvalue weighted by Crippen LogP contribution is -2.26. The molecule has 2 amide bonds. The van der Waals surface area contributed by atoms with E-state index in [0.29, 0.717) is 23.2 Å². The van der Waals surface area contributed by atoms with Crippen molar-refractivity contribution in [2.45, 2.75) is 39.3 Å². The molecule has 33 heavy (non-hydrogen) atoms. The molecule has 1 saturated heterocycles. The summed E-state index contributed by atoms with van der Waals surface area (Å²) in [6.07, 6.45) is 4.28. The molecule has 0 unspecified atom stereocenters. The standard InChI is InChI=1S/C24H27N7O2/c1-14-5-4-8-31(14)13-18-9-17-12-25-22(11-20(17)27-18)28-24(33)16-6-7-19-21(10-16)30(3)29-23(19)26-15(2)32/h6-7,9-12,14,27H,4-5,8,13H2,1-3H3,(H,25,28,33)(H,26,29,32)/t14-/m0/s1. The van der Waals surface area contributed by atoms with Crippen LogP contribution in [0.15, 0.2) is 36.5 Å². The van der Waals surface area contributed by atoms with Crippen LogP contribution < -0.4 is 10.6 Å². The van der Waals surface area contributed by atoms with Crippen LogP contribution in [0.3, 0.4) is 0 Å². The van der Waals surface area contributed by atoms with E-state index in [2.05, 4.69) is 43.6 Å². The highest BCUT2D eigenvalue weighted by Gasteiger charge is 2.21. The molecule has 0 bridgehead atoms. The Morgan fingerprint density at radius 3 is 2.82 bits per heavy atom. The number of nitrogens with one attached hydrogen (secondary N) is 3. The van der Waals surface area contributed by atoms with E-state index in [1.165, 1.54) is 19.8 Å². The lowest BCUT2D eigenvalue weighted by atomic mass is 10.1. The van der Waals surface area contributed by atoms with E-state index >= 15 is 0 Å². The van der Waals surface area contributed by atoms with Crippen molar-refractivity contribution in [1.29, 1.82) is 0 Å². The van der Waals surface area contributed by atoms with Crippen LogP contribution >= 0.6 is 0 Å². The van der Waals surface area contributed by atoms with Gasteiger partial charge in [-0.1, -0.05) is 0 Å². The highest BCUT2D eigenvalue weighted by atomic mass is 16.2. The predicted molar refractivity (Wildman–Crippen MR) is 128 cm³/mol. The fourth-order valence-corrected chi connectivity index (χ4v) is 4.53. The van der Waals surface area contributed by atoms with Crippen LogP contribution in [0.4, 0.5) is 11.6 Å². The first-order valence-electron chi connectivity index (χ1n) is 11.1. The smallest absolute Gasteiger partial charge is 0.256 e. The molecule has 1 aliphatic heterocycles. The summed E-state index contributed by atoms with van der Waals surface area (Å²) < 4.78 is 1.64. The largest absolute Gasteiger partial charge is 0.357 e. The van der Waals surface area contributed by atoms with Gasteiger partial charge in [0, 0.05) is 60.9 Å². The van der Waals surface area contributed by atoms with Gasteiger partial charge in [0.25, 0.3) is 5.91 Å². The summed E-state index contributed by atoms with van der Waals surface area (Å²) in [7, 11) is 1.77. The molecule has 0 aliphatic carbocycles. The van der Waals surface area contributed by atoms with Crippen LogP contribution in [-0.2, 0) is 18.4 Å². The maximum Gasteiger partial charge on any atom is 0.256 e. The molecule has 170 valence electrons. The summed E-state index contributed by atoms with van der Waals surface area (Å²) >= 11 is 0. The minimum Gasteiger partial charge on any atom is -0.357 e. The van der Waals surface area contributed by atoms with Gasteiger partial charge in [-0.15, -0.1) is 0 Å². The number of hydrogen-bond donors (Lipinski definition) is 3. The van der Waals surface area contributed by atoms with Gasteiger partial charge in [0.2, 0.25) is 5.91 Å². The third-order valence-corrected chi connectivity index (χ3v) is 6.27. The first kappa shape index (κ1) is 21.1. The first-order chi connectivity index (χ1) is 15.9. The summed E-state index contributed by atoms with van der Waals surface area (Å²) in [5.74, 6) is 0.508. The number of anilines is 2. The number of nitrogens with zero attached hydrogens (tertiary/aromatic N) is 4. The molecule has 1 aliphatic rings. The molecule has 1 aromatic carbocycles. The molecule has 0 spiro atoms. The Morgan fingerprint density at radius 2 is 2.06 bits per heavy atom. The number of amides is 2. The van der Waals surface area contributed by atoms with Gasteiger partial charge in [-0.3, -0.25) is 19.2 Å². The molecule has 0 radical (unpaired) electrons. The van der Waals surface area contributed by atoms with Crippen molar-refractivity contribution in [3.63, 3.8) is 0 Å². The molecule has 1 atom stereocenters. The quantitative estimate of drug-likeness (QED) is 0.435. The summed E-state index contributed by atoms with van der Waals surface area (Å²) in [4.78, 5) is 34.7. The van der Waals surface area contributed by atoms with E-state index in [-0.39, 0.29) is 11.8 Å². The Hall–Kier alpha value is -3.72. The van der Waals surface area contributed by atoms with Gasteiger partial charge in [-0.2, -0.15) is 5.10 Å². The van der Waals surface area contributed by atoms with Gasteiger partial charge in [0.15, 0.2) is 5.82 Å². The third-order valence-electron chi connectivity index (χ3n) is 6.27. The molecular weight excluding hydrogens is 418 g/mol. The Bertz CT molecular complexity index is 1370. The van der Waals surface area contributed by atoms with Gasteiger partial charge in [-0.25, -0.2) is 4.98 Å². The minimum atomic E-state index is -0.260. The Morgan fingerprint density at radius 1 is 1.21 bits per heavy atom. The molecule has 4 heterocycles. The van der Waals surface area contributed by atoms with Crippen molar-refractivity contribution in [2.24, 2.45) is 7.05 Å². The van der Waals surface area contributed by atoms with Gasteiger partial charge >= 0.3 is 0 Å². The van der Waals surface area contributed by atoms with E-state index in [0.717, 1.165) is 40.6 Å². The lowest BCUT2D eigenvalue weighted by Gasteiger charge is -2.19. The number of hydrogen-bond acceptors (Lipinski definition) is 5. The SMILES string of the molecule is CC(=O)Nc1nn(C)c2cc(C(=O)Nc3cc4[nH]c(CN5CCC[C@@H]5C)cc4cn3)ccc12. The number of carbonyl (C=O) groups is 2. The normalized spacial score (nSPS) is 16.5. The van der Waals surface area contributed by atoms with Gasteiger partial charge < -0.3 is 15.6 Å². The summed E-state index contributed by atoms with van der Waals surface area (Å²) in [5, 5.41) is 11.7. The van der Waals surface area contributed by atoms with Crippen LogP contribution in [0.25, 0.3) is 21.8 Å². The Kier molecular flexibility index (Phi) is 5.33. The fraction of sp³-hybridized carbons (Fsp3) is 0.333. The van der Waals surface area contributed by atoms with Crippen molar-refractivity contribution < 1.29 is 9.59 Å². The van der Waals surface area contributed by atoms with Crippen LogP contribution in [0.5, 0.6) is 0 Å². The molecule has 0 saturated carbocycles. The zero-order valence-electron chi connectivity index (χ0n) is 19.0. The Labute approximate surface area is 191 Å². The van der Waals surface area contributed by atoms with E-state index in [9.17, 15) is 9.59 Å². The van der Waals surface area contributed by atoms with Crippen LogP contribution in [0.2, 0.25) is 0 Å². The third kappa shape index (κ3) is 4.19. The molecule has 5 rings (SSSR count). The molecule has 9 nitrogen and oxygen atoms in total. The zero-order valence-corrected chi connectivity index (χ0v) is 19.0. The highest BCUT2D eigenvalue weighted by molar-refractivity contribution is 6.08. The monoisotopic (exact) mass is 445 g/mol. The number of aromatic nitrogens is 4. The summed E-state index contributed by atoms with van der Waals surface area (Å²) in [6, 6.07) is 9.85. The second-order valence-corrected chi connectivity index (χ2v) is 8.75. The van der Waals surface area contributed by atoms with Crippen molar-refractivity contribution >= 4 is 45.3 Å². The Balaban J connectivity index is 1.34. The van der Waals surface area contributed by atoms with E-state index in [1.807, 2.05) is 6.07 Å². The van der Waals surface area contributed by atoms with Gasteiger partial charge in [0.05, 0.1) is 11.0 Å². The van der Waals surface area contributed by atoms with Crippen molar-refractivity contribution in [2.75, 3.05) is 17.2 Å². The maximum atomic E-state index is 12.9. The highest BCUT2D eigenvalue weighted by Crippen LogP contribution is 2.25. The number of fused-ring (bicyclic) bond motifs is 2. The van der Waals surface area contributed by atoms with E-state index < -0.39 is 0 Å². The average Bonchev–Trinajstić information content (AvgIpc) is 3.45. The summed E-state index contributed by atoms with van der Waals surface area (Å²) in [6.45, 7) is 5.73. The number of carbonyl (C=O) groups excluding carboxylic acids is 2. The second kappa shape index (κ2) is 8.32. The molecular formula is C24H27N7O2. The van der Waals surface area contributed by atoms with Gasteiger partial charge in [0.1, 0.15) is 5.82 Å². The van der Waals surface area contributed by atoms with Crippen molar-refractivity contribution in [3.05, 3.63) is 47.8 Å². The van der Waals surface area contributed by atoms with Crippen molar-refractivity contribution in [3.8, 4) is 0 Å². The number of aryl methyl sites for hydroxylation is 1. The van der Waals surface area contributed by atoms with Crippen LogP contribution in [0, 0.1) is 0 Å². The number of pyridine rings is 1. The maximum absolute atomic E-state index is 12.9. The topological polar surface area (TPSA) is 108 Å². The van der Waals surface area contributed by atoms with E-state index in [4.69, 9.17) is 0 Å². The number of benzene rings is 1.